The average Bonchev–Trinajstić information content (AvgIpc) is 2.71. The van der Waals surface area contributed by atoms with E-state index in [2.05, 4.69) is 50.4 Å². The molecule has 0 spiro atoms. The van der Waals surface area contributed by atoms with Gasteiger partial charge >= 0.3 is 0 Å². The molecule has 1 heterocycles. The predicted octanol–water partition coefficient (Wildman–Crippen LogP) is 2.91. The van der Waals surface area contributed by atoms with Crippen LogP contribution in [0.25, 0.3) is 0 Å². The van der Waals surface area contributed by atoms with E-state index in [0.717, 1.165) is 50.0 Å². The van der Waals surface area contributed by atoms with E-state index in [4.69, 9.17) is 4.74 Å². The van der Waals surface area contributed by atoms with Gasteiger partial charge in [0.05, 0.1) is 7.11 Å². The molecule has 0 radical (unpaired) electrons. The van der Waals surface area contributed by atoms with Gasteiger partial charge in [0.2, 0.25) is 0 Å². The number of ether oxygens (including phenoxy) is 1. The van der Waals surface area contributed by atoms with Crippen molar-refractivity contribution in [2.45, 2.75) is 13.1 Å². The predicted molar refractivity (Wildman–Crippen MR) is 124 cm³/mol. The van der Waals surface area contributed by atoms with Crippen LogP contribution in [0.15, 0.2) is 53.5 Å². The van der Waals surface area contributed by atoms with Crippen molar-refractivity contribution in [1.82, 2.24) is 15.1 Å². The summed E-state index contributed by atoms with van der Waals surface area (Å²) in [6, 6.07) is 15.8. The number of methoxy groups -OCH3 is 1. The van der Waals surface area contributed by atoms with E-state index in [0.29, 0.717) is 6.54 Å². The number of piperazine rings is 1. The second-order valence-electron chi connectivity index (χ2n) is 6.64. The number of phenols is 1. The second-order valence-corrected chi connectivity index (χ2v) is 6.64. The Labute approximate surface area is 184 Å². The van der Waals surface area contributed by atoms with Gasteiger partial charge in [-0.15, -0.1) is 24.0 Å². The second kappa shape index (κ2) is 11.1. The van der Waals surface area contributed by atoms with Crippen LogP contribution in [0.5, 0.6) is 11.5 Å². The van der Waals surface area contributed by atoms with E-state index < -0.39 is 0 Å². The van der Waals surface area contributed by atoms with Crippen molar-refractivity contribution in [3.8, 4) is 11.5 Å². The van der Waals surface area contributed by atoms with Gasteiger partial charge in [0.1, 0.15) is 11.5 Å². The first kappa shape index (κ1) is 22.3. The number of rotatable bonds is 5. The summed E-state index contributed by atoms with van der Waals surface area (Å²) in [5.41, 5.74) is 2.14. The van der Waals surface area contributed by atoms with Gasteiger partial charge in [0, 0.05) is 51.9 Å². The lowest BCUT2D eigenvalue weighted by Gasteiger charge is -2.36. The van der Waals surface area contributed by atoms with Crippen molar-refractivity contribution in [2.75, 3.05) is 40.3 Å². The molecule has 0 atom stereocenters. The maximum absolute atomic E-state index is 10.0. The normalized spacial score (nSPS) is 15.1. The number of nitrogens with one attached hydrogen (secondary N) is 1. The van der Waals surface area contributed by atoms with Crippen molar-refractivity contribution in [3.05, 3.63) is 59.7 Å². The van der Waals surface area contributed by atoms with Crippen LogP contribution in [0.1, 0.15) is 11.1 Å². The number of guanidine groups is 1. The lowest BCUT2D eigenvalue weighted by atomic mass is 10.2. The highest BCUT2D eigenvalue weighted by Gasteiger charge is 2.19. The van der Waals surface area contributed by atoms with E-state index >= 15 is 0 Å². The molecule has 0 aliphatic carbocycles. The Kier molecular flexibility index (Phi) is 8.85. The molecule has 0 amide bonds. The lowest BCUT2D eigenvalue weighted by Crippen LogP contribution is -2.52. The molecule has 152 valence electrons. The van der Waals surface area contributed by atoms with Gasteiger partial charge in [-0.3, -0.25) is 9.89 Å². The number of halogens is 1. The van der Waals surface area contributed by atoms with Crippen LogP contribution in [-0.2, 0) is 13.1 Å². The zero-order chi connectivity index (χ0) is 19.1. The molecule has 7 heteroatoms. The summed E-state index contributed by atoms with van der Waals surface area (Å²) in [6.45, 7) is 5.34. The molecule has 2 N–H and O–H groups in total. The van der Waals surface area contributed by atoms with Crippen LogP contribution in [-0.4, -0.2) is 61.2 Å². The standard InChI is InChI=1S/C21H28N4O2.HI/c1-22-21(23-15-18-14-19(27-2)8-9-20(18)26)25-12-10-24(11-13-25)16-17-6-4-3-5-7-17;/h3-9,14,26H,10-13,15-16H2,1-2H3,(H,22,23);1H. The summed E-state index contributed by atoms with van der Waals surface area (Å²) in [5.74, 6) is 1.84. The summed E-state index contributed by atoms with van der Waals surface area (Å²) in [5, 5.41) is 13.4. The summed E-state index contributed by atoms with van der Waals surface area (Å²) < 4.78 is 5.23. The van der Waals surface area contributed by atoms with E-state index in [1.54, 1.807) is 26.3 Å². The fraction of sp³-hybridized carbons (Fsp3) is 0.381. The Hall–Kier alpha value is -2.00. The Morgan fingerprint density at radius 2 is 1.82 bits per heavy atom. The third kappa shape index (κ3) is 6.00. The summed E-state index contributed by atoms with van der Waals surface area (Å²) in [7, 11) is 3.42. The van der Waals surface area contributed by atoms with Gasteiger partial charge in [-0.05, 0) is 23.8 Å². The molecule has 1 fully saturated rings. The highest BCUT2D eigenvalue weighted by Crippen LogP contribution is 2.22. The van der Waals surface area contributed by atoms with Gasteiger partial charge in [-0.2, -0.15) is 0 Å². The van der Waals surface area contributed by atoms with Gasteiger partial charge in [0.15, 0.2) is 5.96 Å². The molecule has 0 saturated carbocycles. The van der Waals surface area contributed by atoms with E-state index in [1.807, 2.05) is 6.07 Å². The molecule has 1 aliphatic heterocycles. The molecule has 3 rings (SSSR count). The van der Waals surface area contributed by atoms with Crippen LogP contribution in [0.3, 0.4) is 0 Å². The molecule has 0 unspecified atom stereocenters. The topological polar surface area (TPSA) is 60.3 Å². The monoisotopic (exact) mass is 496 g/mol. The summed E-state index contributed by atoms with van der Waals surface area (Å²) in [6.07, 6.45) is 0. The minimum atomic E-state index is 0. The fourth-order valence-electron chi connectivity index (χ4n) is 3.30. The van der Waals surface area contributed by atoms with Crippen LogP contribution in [0, 0.1) is 0 Å². The third-order valence-electron chi connectivity index (χ3n) is 4.86. The van der Waals surface area contributed by atoms with Gasteiger partial charge < -0.3 is 20.1 Å². The van der Waals surface area contributed by atoms with Crippen LogP contribution in [0.2, 0.25) is 0 Å². The van der Waals surface area contributed by atoms with Gasteiger partial charge in [-0.1, -0.05) is 30.3 Å². The first-order valence-corrected chi connectivity index (χ1v) is 9.27. The smallest absolute Gasteiger partial charge is 0.194 e. The molecule has 0 aromatic heterocycles. The molecule has 2 aromatic carbocycles. The van der Waals surface area contributed by atoms with E-state index in [1.165, 1.54) is 5.56 Å². The van der Waals surface area contributed by atoms with Crippen LogP contribution >= 0.6 is 24.0 Å². The zero-order valence-electron chi connectivity index (χ0n) is 16.5. The average molecular weight is 496 g/mol. The Morgan fingerprint density at radius 1 is 1.11 bits per heavy atom. The molecule has 6 nitrogen and oxygen atoms in total. The van der Waals surface area contributed by atoms with Gasteiger partial charge in [0.25, 0.3) is 0 Å². The number of phenolic OH excluding ortho intramolecular Hbond substituents is 1. The first-order chi connectivity index (χ1) is 13.2. The summed E-state index contributed by atoms with van der Waals surface area (Å²) in [4.78, 5) is 9.14. The number of aromatic hydroxyl groups is 1. The molecule has 1 aliphatic rings. The maximum atomic E-state index is 10.0. The van der Waals surface area contributed by atoms with Crippen molar-refractivity contribution < 1.29 is 9.84 Å². The zero-order valence-corrected chi connectivity index (χ0v) is 18.8. The van der Waals surface area contributed by atoms with Gasteiger partial charge in [-0.25, -0.2) is 0 Å². The summed E-state index contributed by atoms with van der Waals surface area (Å²) >= 11 is 0. The van der Waals surface area contributed by atoms with Crippen molar-refractivity contribution >= 4 is 29.9 Å². The van der Waals surface area contributed by atoms with Crippen molar-refractivity contribution in [1.29, 1.82) is 0 Å². The van der Waals surface area contributed by atoms with Crippen molar-refractivity contribution in [2.24, 2.45) is 4.99 Å². The molecule has 0 bridgehead atoms. The number of nitrogens with zero attached hydrogens (tertiary/aromatic N) is 3. The quantitative estimate of drug-likeness (QED) is 0.379. The number of hydrogen-bond donors (Lipinski definition) is 2. The minimum absolute atomic E-state index is 0. The molecular formula is C21H29IN4O2. The first-order valence-electron chi connectivity index (χ1n) is 9.27. The fourth-order valence-corrected chi connectivity index (χ4v) is 3.30. The SMILES string of the molecule is CN=C(NCc1cc(OC)ccc1O)N1CCN(Cc2ccccc2)CC1.I. The Balaban J connectivity index is 0.00000280. The number of aliphatic imine (C=N–C) groups is 1. The molecular weight excluding hydrogens is 467 g/mol. The third-order valence-corrected chi connectivity index (χ3v) is 4.86. The highest BCUT2D eigenvalue weighted by atomic mass is 127. The lowest BCUT2D eigenvalue weighted by molar-refractivity contribution is 0.172. The molecule has 1 saturated heterocycles. The molecule has 2 aromatic rings. The maximum Gasteiger partial charge on any atom is 0.194 e. The largest absolute Gasteiger partial charge is 0.508 e. The Morgan fingerprint density at radius 3 is 2.46 bits per heavy atom. The minimum Gasteiger partial charge on any atom is -0.508 e. The van der Waals surface area contributed by atoms with E-state index in [-0.39, 0.29) is 29.7 Å². The Bertz CT molecular complexity index is 762. The van der Waals surface area contributed by atoms with Crippen molar-refractivity contribution in [3.63, 3.8) is 0 Å². The number of hydrogen-bond acceptors (Lipinski definition) is 4. The number of benzene rings is 2. The van der Waals surface area contributed by atoms with E-state index in [9.17, 15) is 5.11 Å². The highest BCUT2D eigenvalue weighted by molar-refractivity contribution is 14.0. The van der Waals surface area contributed by atoms with Crippen LogP contribution in [0.4, 0.5) is 0 Å². The van der Waals surface area contributed by atoms with Crippen LogP contribution < -0.4 is 10.1 Å². The molecule has 28 heavy (non-hydrogen) atoms.